The van der Waals surface area contributed by atoms with E-state index in [1.807, 2.05) is 30.3 Å². The van der Waals surface area contributed by atoms with Crippen LogP contribution in [-0.2, 0) is 16.4 Å². The van der Waals surface area contributed by atoms with Gasteiger partial charge in [0.1, 0.15) is 0 Å². The molecule has 0 bridgehead atoms. The Bertz CT molecular complexity index is 996. The van der Waals surface area contributed by atoms with Crippen molar-refractivity contribution in [3.8, 4) is 6.07 Å². The highest BCUT2D eigenvalue weighted by Gasteiger charge is 2.24. The summed E-state index contributed by atoms with van der Waals surface area (Å²) in [5.74, 6) is 0. The van der Waals surface area contributed by atoms with Gasteiger partial charge in [-0.2, -0.15) is 5.26 Å². The van der Waals surface area contributed by atoms with Crippen LogP contribution in [0.4, 0.5) is 5.69 Å². The smallest absolute Gasteiger partial charge is 0.264 e. The number of hydrogen-bond donors (Lipinski definition) is 0. The molecule has 0 saturated heterocycles. The highest BCUT2D eigenvalue weighted by Crippen LogP contribution is 2.24. The number of para-hydroxylation sites is 1. The van der Waals surface area contributed by atoms with E-state index in [2.05, 4.69) is 4.98 Å². The molecule has 0 radical (unpaired) electrons. The molecule has 0 atom stereocenters. The molecule has 0 saturated carbocycles. The Hall–Kier alpha value is -3.17. The minimum Gasteiger partial charge on any atom is -0.266 e. The molecule has 1 heterocycles. The van der Waals surface area contributed by atoms with Crippen molar-refractivity contribution in [2.75, 3.05) is 10.8 Å². The zero-order valence-electron chi connectivity index (χ0n) is 14.0. The van der Waals surface area contributed by atoms with Crippen molar-refractivity contribution >= 4 is 15.7 Å². The summed E-state index contributed by atoms with van der Waals surface area (Å²) in [5.41, 5.74) is 1.83. The van der Waals surface area contributed by atoms with Crippen LogP contribution in [0.15, 0.2) is 83.9 Å². The van der Waals surface area contributed by atoms with Gasteiger partial charge in [-0.25, -0.2) is 8.42 Å². The number of aromatic nitrogens is 1. The predicted octanol–water partition coefficient (Wildman–Crippen LogP) is 3.39. The second-order valence-corrected chi connectivity index (χ2v) is 7.48. The minimum absolute atomic E-state index is 0.154. The zero-order valence-corrected chi connectivity index (χ0v) is 14.8. The third kappa shape index (κ3) is 3.90. The number of pyridine rings is 1. The minimum atomic E-state index is -3.75. The van der Waals surface area contributed by atoms with Crippen molar-refractivity contribution in [2.24, 2.45) is 0 Å². The highest BCUT2D eigenvalue weighted by molar-refractivity contribution is 7.92. The second-order valence-electron chi connectivity index (χ2n) is 5.62. The van der Waals surface area contributed by atoms with Crippen molar-refractivity contribution in [1.29, 1.82) is 5.26 Å². The van der Waals surface area contributed by atoms with Gasteiger partial charge in [0, 0.05) is 24.9 Å². The fourth-order valence-corrected chi connectivity index (χ4v) is 4.04. The maximum atomic E-state index is 13.2. The summed E-state index contributed by atoms with van der Waals surface area (Å²) in [4.78, 5) is 4.42. The Morgan fingerprint density at radius 1 is 0.923 bits per heavy atom. The molecule has 1 aromatic heterocycles. The summed E-state index contributed by atoms with van der Waals surface area (Å²) in [6.07, 6.45) is 2.18. The number of rotatable bonds is 6. The molecule has 2 aromatic carbocycles. The summed E-state index contributed by atoms with van der Waals surface area (Å²) in [5, 5.41) is 8.91. The van der Waals surface area contributed by atoms with E-state index in [-0.39, 0.29) is 11.4 Å². The SMILES string of the molecule is N#Cc1ccc(S(=O)(=O)N(CCc2ccccn2)c2ccccc2)cc1. The maximum absolute atomic E-state index is 13.2. The molecule has 0 aliphatic carbocycles. The molecule has 0 aliphatic rings. The molecule has 0 N–H and O–H groups in total. The van der Waals surface area contributed by atoms with Gasteiger partial charge in [-0.1, -0.05) is 24.3 Å². The monoisotopic (exact) mass is 363 g/mol. The molecule has 6 heteroatoms. The lowest BCUT2D eigenvalue weighted by Gasteiger charge is -2.24. The Morgan fingerprint density at radius 2 is 1.62 bits per heavy atom. The van der Waals surface area contributed by atoms with Gasteiger partial charge in [0.15, 0.2) is 0 Å². The fourth-order valence-electron chi connectivity index (χ4n) is 2.57. The lowest BCUT2D eigenvalue weighted by molar-refractivity contribution is 0.590. The second kappa shape index (κ2) is 7.81. The first-order chi connectivity index (χ1) is 12.6. The van der Waals surface area contributed by atoms with Crippen molar-refractivity contribution in [2.45, 2.75) is 11.3 Å². The molecule has 130 valence electrons. The van der Waals surface area contributed by atoms with E-state index in [1.54, 1.807) is 30.5 Å². The standard InChI is InChI=1S/C20H17N3O2S/c21-16-17-9-11-20(12-10-17)26(24,25)23(19-7-2-1-3-8-19)15-13-18-6-4-5-14-22-18/h1-12,14H,13,15H2. The van der Waals surface area contributed by atoms with Crippen LogP contribution in [0.25, 0.3) is 0 Å². The molecule has 0 fully saturated rings. The Labute approximate surface area is 153 Å². The molecule has 26 heavy (non-hydrogen) atoms. The lowest BCUT2D eigenvalue weighted by atomic mass is 10.2. The average molecular weight is 363 g/mol. The summed E-state index contributed by atoms with van der Waals surface area (Å²) in [6, 6.07) is 22.5. The van der Waals surface area contributed by atoms with Gasteiger partial charge in [-0.3, -0.25) is 9.29 Å². The van der Waals surface area contributed by atoms with E-state index >= 15 is 0 Å². The summed E-state index contributed by atoms with van der Waals surface area (Å²) < 4.78 is 27.7. The first-order valence-electron chi connectivity index (χ1n) is 8.09. The quantitative estimate of drug-likeness (QED) is 0.673. The van der Waals surface area contributed by atoms with Gasteiger partial charge in [-0.15, -0.1) is 0 Å². The van der Waals surface area contributed by atoms with Crippen molar-refractivity contribution in [3.05, 3.63) is 90.3 Å². The first kappa shape index (κ1) is 17.6. The fraction of sp³-hybridized carbons (Fsp3) is 0.100. The van der Waals surface area contributed by atoms with Gasteiger partial charge in [0.05, 0.1) is 22.2 Å². The number of nitriles is 1. The summed E-state index contributed by atoms with van der Waals surface area (Å²) in [6.45, 7) is 0.267. The molecule has 5 nitrogen and oxygen atoms in total. The van der Waals surface area contributed by atoms with Crippen LogP contribution in [0.3, 0.4) is 0 Å². The zero-order chi connectivity index (χ0) is 18.4. The van der Waals surface area contributed by atoms with E-state index in [0.717, 1.165) is 5.69 Å². The highest BCUT2D eigenvalue weighted by atomic mass is 32.2. The molecular weight excluding hydrogens is 346 g/mol. The third-order valence-electron chi connectivity index (χ3n) is 3.91. The van der Waals surface area contributed by atoms with E-state index < -0.39 is 10.0 Å². The van der Waals surface area contributed by atoms with E-state index in [9.17, 15) is 8.42 Å². The normalized spacial score (nSPS) is 10.9. The largest absolute Gasteiger partial charge is 0.266 e. The topological polar surface area (TPSA) is 74.1 Å². The van der Waals surface area contributed by atoms with Crippen molar-refractivity contribution in [3.63, 3.8) is 0 Å². The van der Waals surface area contributed by atoms with Crippen LogP contribution in [0, 0.1) is 11.3 Å². The molecule has 3 aromatic rings. The number of hydrogen-bond acceptors (Lipinski definition) is 4. The van der Waals surface area contributed by atoms with Gasteiger partial charge in [0.25, 0.3) is 10.0 Å². The number of sulfonamides is 1. The predicted molar refractivity (Wildman–Crippen MR) is 100 cm³/mol. The van der Waals surface area contributed by atoms with Crippen LogP contribution in [0.5, 0.6) is 0 Å². The molecular formula is C20H17N3O2S. The molecule has 0 spiro atoms. The Morgan fingerprint density at radius 3 is 2.23 bits per heavy atom. The lowest BCUT2D eigenvalue weighted by Crippen LogP contribution is -2.33. The van der Waals surface area contributed by atoms with Crippen molar-refractivity contribution in [1.82, 2.24) is 4.98 Å². The Balaban J connectivity index is 1.95. The molecule has 0 amide bonds. The third-order valence-corrected chi connectivity index (χ3v) is 5.75. The molecule has 0 unspecified atom stereocenters. The summed E-state index contributed by atoms with van der Waals surface area (Å²) >= 11 is 0. The number of benzene rings is 2. The maximum Gasteiger partial charge on any atom is 0.264 e. The van der Waals surface area contributed by atoms with Gasteiger partial charge < -0.3 is 0 Å². The van der Waals surface area contributed by atoms with Crippen LogP contribution in [-0.4, -0.2) is 19.9 Å². The van der Waals surface area contributed by atoms with Crippen molar-refractivity contribution < 1.29 is 8.42 Å². The van der Waals surface area contributed by atoms with E-state index in [0.29, 0.717) is 17.7 Å². The van der Waals surface area contributed by atoms with Crippen LogP contribution in [0.1, 0.15) is 11.3 Å². The van der Waals surface area contributed by atoms with Crippen LogP contribution < -0.4 is 4.31 Å². The Kier molecular flexibility index (Phi) is 5.30. The van der Waals surface area contributed by atoms with Crippen LogP contribution in [0.2, 0.25) is 0 Å². The summed E-state index contributed by atoms with van der Waals surface area (Å²) in [7, 11) is -3.75. The van der Waals surface area contributed by atoms with Gasteiger partial charge in [-0.05, 0) is 48.5 Å². The average Bonchev–Trinajstić information content (AvgIpc) is 2.69. The van der Waals surface area contributed by atoms with E-state index in [4.69, 9.17) is 5.26 Å². The number of anilines is 1. The van der Waals surface area contributed by atoms with Gasteiger partial charge >= 0.3 is 0 Å². The van der Waals surface area contributed by atoms with Crippen LogP contribution >= 0.6 is 0 Å². The first-order valence-corrected chi connectivity index (χ1v) is 9.53. The molecule has 0 aliphatic heterocycles. The van der Waals surface area contributed by atoms with E-state index in [1.165, 1.54) is 28.6 Å². The number of nitrogens with zero attached hydrogens (tertiary/aromatic N) is 3. The molecule has 3 rings (SSSR count). The van der Waals surface area contributed by atoms with Gasteiger partial charge in [0.2, 0.25) is 0 Å².